The van der Waals surface area contributed by atoms with Crippen molar-refractivity contribution in [2.75, 3.05) is 0 Å². The topological polar surface area (TPSA) is 46.5 Å². The van der Waals surface area contributed by atoms with Crippen LogP contribution in [0.15, 0.2) is 0 Å². The summed E-state index contributed by atoms with van der Waals surface area (Å²) >= 11 is 0. The zero-order chi connectivity index (χ0) is 10.9. The van der Waals surface area contributed by atoms with Crippen molar-refractivity contribution in [3.05, 3.63) is 0 Å². The molecule has 0 aromatic rings. The molecule has 1 aliphatic carbocycles. The Bertz CT molecular complexity index is 251. The fourth-order valence-corrected chi connectivity index (χ4v) is 3.29. The van der Waals surface area contributed by atoms with Crippen LogP contribution in [0, 0.1) is 5.92 Å². The first-order valence-electron chi connectivity index (χ1n) is 6.08. The predicted molar refractivity (Wildman–Crippen MR) is 56.7 cm³/mol. The summed E-state index contributed by atoms with van der Waals surface area (Å²) in [6.07, 6.45) is 6.97. The summed E-state index contributed by atoms with van der Waals surface area (Å²) in [7, 11) is 0. The van der Waals surface area contributed by atoms with E-state index >= 15 is 0 Å². The monoisotopic (exact) mass is 212 g/mol. The molecule has 3 unspecified atom stereocenters. The van der Waals surface area contributed by atoms with E-state index in [4.69, 9.17) is 9.84 Å². The molecule has 1 heterocycles. The van der Waals surface area contributed by atoms with Gasteiger partial charge in [-0.1, -0.05) is 26.2 Å². The zero-order valence-electron chi connectivity index (χ0n) is 9.37. The fraction of sp³-hybridized carbons (Fsp3) is 0.917. The summed E-state index contributed by atoms with van der Waals surface area (Å²) in [5.41, 5.74) is -0.0872. The molecule has 86 valence electrons. The average Bonchev–Trinajstić information content (AvgIpc) is 2.64. The van der Waals surface area contributed by atoms with Gasteiger partial charge in [-0.2, -0.15) is 0 Å². The highest BCUT2D eigenvalue weighted by Crippen LogP contribution is 2.46. The molecule has 2 fully saturated rings. The summed E-state index contributed by atoms with van der Waals surface area (Å²) in [6, 6.07) is 0. The lowest BCUT2D eigenvalue weighted by Crippen LogP contribution is -2.41. The van der Waals surface area contributed by atoms with Crippen LogP contribution in [0.2, 0.25) is 0 Å². The SMILES string of the molecule is CCC1CCCCC12CCC(C(=O)O)O2. The fourth-order valence-electron chi connectivity index (χ4n) is 3.29. The molecule has 0 aromatic heterocycles. The zero-order valence-corrected chi connectivity index (χ0v) is 9.37. The van der Waals surface area contributed by atoms with Crippen LogP contribution in [0.5, 0.6) is 0 Å². The van der Waals surface area contributed by atoms with Gasteiger partial charge in [-0.3, -0.25) is 0 Å². The maximum atomic E-state index is 10.9. The van der Waals surface area contributed by atoms with E-state index in [0.717, 1.165) is 19.3 Å². The highest BCUT2D eigenvalue weighted by atomic mass is 16.5. The molecule has 3 nitrogen and oxygen atoms in total. The molecule has 3 heteroatoms. The molecular weight excluding hydrogens is 192 g/mol. The molecule has 0 radical (unpaired) electrons. The minimum atomic E-state index is -0.785. The van der Waals surface area contributed by atoms with Crippen LogP contribution in [-0.2, 0) is 9.53 Å². The first-order chi connectivity index (χ1) is 7.18. The average molecular weight is 212 g/mol. The highest BCUT2D eigenvalue weighted by Gasteiger charge is 2.48. The number of carboxylic acids is 1. The van der Waals surface area contributed by atoms with Gasteiger partial charge in [0.2, 0.25) is 0 Å². The van der Waals surface area contributed by atoms with E-state index in [9.17, 15) is 4.79 Å². The Hall–Kier alpha value is -0.570. The molecule has 0 amide bonds. The van der Waals surface area contributed by atoms with Crippen molar-refractivity contribution >= 4 is 5.97 Å². The van der Waals surface area contributed by atoms with E-state index in [-0.39, 0.29) is 5.60 Å². The Morgan fingerprint density at radius 2 is 2.20 bits per heavy atom. The van der Waals surface area contributed by atoms with Crippen molar-refractivity contribution in [2.24, 2.45) is 5.92 Å². The molecule has 15 heavy (non-hydrogen) atoms. The van der Waals surface area contributed by atoms with Crippen molar-refractivity contribution in [3.63, 3.8) is 0 Å². The molecule has 2 aliphatic rings. The van der Waals surface area contributed by atoms with Crippen molar-refractivity contribution in [1.29, 1.82) is 0 Å². The number of carboxylic acid groups (broad SMARTS) is 1. The molecule has 1 saturated heterocycles. The van der Waals surface area contributed by atoms with Crippen LogP contribution >= 0.6 is 0 Å². The van der Waals surface area contributed by atoms with Crippen molar-refractivity contribution in [1.82, 2.24) is 0 Å². The van der Waals surface area contributed by atoms with E-state index in [2.05, 4.69) is 6.92 Å². The van der Waals surface area contributed by atoms with Crippen LogP contribution < -0.4 is 0 Å². The number of carbonyl (C=O) groups is 1. The summed E-state index contributed by atoms with van der Waals surface area (Å²) in [5.74, 6) is -0.206. The standard InChI is InChI=1S/C12H20O3/c1-2-9-5-3-4-7-12(9)8-6-10(15-12)11(13)14/h9-10H,2-8H2,1H3,(H,13,14). The first kappa shape index (κ1) is 10.9. The van der Waals surface area contributed by atoms with Crippen molar-refractivity contribution in [3.8, 4) is 0 Å². The largest absolute Gasteiger partial charge is 0.479 e. The quantitative estimate of drug-likeness (QED) is 0.765. The van der Waals surface area contributed by atoms with Gasteiger partial charge in [-0.25, -0.2) is 4.79 Å². The van der Waals surface area contributed by atoms with Crippen LogP contribution in [-0.4, -0.2) is 22.8 Å². The van der Waals surface area contributed by atoms with E-state index in [1.165, 1.54) is 19.3 Å². The van der Waals surface area contributed by atoms with E-state index in [1.807, 2.05) is 0 Å². The molecule has 3 atom stereocenters. The summed E-state index contributed by atoms with van der Waals surface area (Å²) in [6.45, 7) is 2.19. The minimum Gasteiger partial charge on any atom is -0.479 e. The Kier molecular flexibility index (Phi) is 3.01. The van der Waals surface area contributed by atoms with E-state index in [1.54, 1.807) is 0 Å². The summed E-state index contributed by atoms with van der Waals surface area (Å²) in [4.78, 5) is 10.9. The number of rotatable bonds is 2. The normalized spacial score (nSPS) is 40.9. The summed E-state index contributed by atoms with van der Waals surface area (Å²) in [5, 5.41) is 8.96. The summed E-state index contributed by atoms with van der Waals surface area (Å²) < 4.78 is 5.86. The predicted octanol–water partition coefficient (Wildman–Crippen LogP) is 2.59. The lowest BCUT2D eigenvalue weighted by atomic mass is 9.72. The van der Waals surface area contributed by atoms with Crippen LogP contribution in [0.4, 0.5) is 0 Å². The molecule has 1 N–H and O–H groups in total. The van der Waals surface area contributed by atoms with Gasteiger partial charge in [0.15, 0.2) is 6.10 Å². The van der Waals surface area contributed by atoms with Gasteiger partial charge in [0.1, 0.15) is 0 Å². The lowest BCUT2D eigenvalue weighted by Gasteiger charge is -2.40. The second kappa shape index (κ2) is 4.12. The Labute approximate surface area is 90.8 Å². The van der Waals surface area contributed by atoms with Crippen LogP contribution in [0.1, 0.15) is 51.9 Å². The second-order valence-electron chi connectivity index (χ2n) is 4.90. The molecular formula is C12H20O3. The smallest absolute Gasteiger partial charge is 0.332 e. The second-order valence-corrected chi connectivity index (χ2v) is 4.90. The van der Waals surface area contributed by atoms with Crippen LogP contribution in [0.25, 0.3) is 0 Å². The van der Waals surface area contributed by atoms with E-state index < -0.39 is 12.1 Å². The van der Waals surface area contributed by atoms with Gasteiger partial charge in [-0.15, -0.1) is 0 Å². The van der Waals surface area contributed by atoms with Gasteiger partial charge in [-0.05, 0) is 31.6 Å². The Morgan fingerprint density at radius 1 is 1.40 bits per heavy atom. The Balaban J connectivity index is 2.09. The third kappa shape index (κ3) is 1.89. The highest BCUT2D eigenvalue weighted by molar-refractivity contribution is 5.72. The van der Waals surface area contributed by atoms with E-state index in [0.29, 0.717) is 12.3 Å². The van der Waals surface area contributed by atoms with Gasteiger partial charge in [0, 0.05) is 0 Å². The molecule has 0 bridgehead atoms. The van der Waals surface area contributed by atoms with Gasteiger partial charge in [0.25, 0.3) is 0 Å². The molecule has 1 saturated carbocycles. The minimum absolute atomic E-state index is 0.0872. The molecule has 1 aliphatic heterocycles. The number of aliphatic carboxylic acids is 1. The van der Waals surface area contributed by atoms with Gasteiger partial charge < -0.3 is 9.84 Å². The van der Waals surface area contributed by atoms with Crippen molar-refractivity contribution < 1.29 is 14.6 Å². The lowest BCUT2D eigenvalue weighted by molar-refractivity contribution is -0.161. The Morgan fingerprint density at radius 3 is 2.80 bits per heavy atom. The first-order valence-corrected chi connectivity index (χ1v) is 6.08. The molecule has 2 rings (SSSR count). The number of hydrogen-bond acceptors (Lipinski definition) is 2. The molecule has 1 spiro atoms. The van der Waals surface area contributed by atoms with Crippen LogP contribution in [0.3, 0.4) is 0 Å². The maximum Gasteiger partial charge on any atom is 0.332 e. The maximum absolute atomic E-state index is 10.9. The van der Waals surface area contributed by atoms with Gasteiger partial charge >= 0.3 is 5.97 Å². The van der Waals surface area contributed by atoms with Crippen molar-refractivity contribution in [2.45, 2.75) is 63.6 Å². The third-order valence-corrected chi connectivity index (χ3v) is 4.12. The van der Waals surface area contributed by atoms with Gasteiger partial charge in [0.05, 0.1) is 5.60 Å². The number of ether oxygens (including phenoxy) is 1. The molecule has 0 aromatic carbocycles. The third-order valence-electron chi connectivity index (χ3n) is 4.12. The number of hydrogen-bond donors (Lipinski definition) is 1.